The fourth-order valence-electron chi connectivity index (χ4n) is 6.45. The van der Waals surface area contributed by atoms with E-state index in [4.69, 9.17) is 28.4 Å². The highest BCUT2D eigenvalue weighted by molar-refractivity contribution is 5.70. The molecule has 58 heavy (non-hydrogen) atoms. The summed E-state index contributed by atoms with van der Waals surface area (Å²) in [6.07, 6.45) is 12.3. The van der Waals surface area contributed by atoms with Crippen LogP contribution in [0.5, 0.6) is 0 Å². The van der Waals surface area contributed by atoms with Crippen LogP contribution < -0.4 is 0 Å². The van der Waals surface area contributed by atoms with Crippen LogP contribution in [-0.2, 0) is 38.0 Å². The number of allylic oxidation sites excluding steroid dienone is 6. The minimum absolute atomic E-state index is 0.0536. The number of aliphatic hydroxyl groups is 7. The first-order valence-electron chi connectivity index (χ1n) is 21.6. The van der Waals surface area contributed by atoms with Crippen molar-refractivity contribution >= 4 is 11.9 Å². The first-order valence-corrected chi connectivity index (χ1v) is 21.6. The van der Waals surface area contributed by atoms with Gasteiger partial charge in [-0.05, 0) is 51.4 Å². The van der Waals surface area contributed by atoms with Crippen molar-refractivity contribution in [1.82, 2.24) is 0 Å². The second-order valence-electron chi connectivity index (χ2n) is 15.2. The van der Waals surface area contributed by atoms with Gasteiger partial charge >= 0.3 is 11.9 Å². The summed E-state index contributed by atoms with van der Waals surface area (Å²) < 4.78 is 33.2. The van der Waals surface area contributed by atoms with Crippen molar-refractivity contribution in [1.29, 1.82) is 0 Å². The zero-order valence-corrected chi connectivity index (χ0v) is 34.8. The fraction of sp³-hybridized carbons (Fsp3) is 0.814. The fourth-order valence-corrected chi connectivity index (χ4v) is 6.45. The standard InChI is InChI=1S/C43H74O15/c1-3-5-7-9-11-13-14-15-16-18-20-22-24-26-35(46)56-31(28-53-34(45)25-23-21-19-17-12-10-8-6-4-2)29-54-42-41(52)39(50)37(48)33(58-42)30-55-43-40(51)38(49)36(47)32(27-44)57-43/h15-17,19-20,22,31-33,36-44,47-52H,3-14,18,21,23-30H2,1-2H3/b16-15+,19-17+,22-20+/t31?,32-,33-,36+,37+,38?,39?,40?,41?,42-,43-/m1/s1. The van der Waals surface area contributed by atoms with Gasteiger partial charge in [-0.3, -0.25) is 9.59 Å². The van der Waals surface area contributed by atoms with Gasteiger partial charge in [-0.15, -0.1) is 0 Å². The highest BCUT2D eigenvalue weighted by atomic mass is 16.7. The van der Waals surface area contributed by atoms with Crippen molar-refractivity contribution in [2.24, 2.45) is 0 Å². The van der Waals surface area contributed by atoms with Crippen LogP contribution in [-0.4, -0.2) is 142 Å². The van der Waals surface area contributed by atoms with Gasteiger partial charge in [0.1, 0.15) is 55.4 Å². The Hall–Kier alpha value is -2.28. The van der Waals surface area contributed by atoms with E-state index in [2.05, 4.69) is 38.2 Å². The Morgan fingerprint density at radius 1 is 0.552 bits per heavy atom. The van der Waals surface area contributed by atoms with Crippen molar-refractivity contribution in [3.05, 3.63) is 36.5 Å². The van der Waals surface area contributed by atoms with Gasteiger partial charge in [0.15, 0.2) is 18.7 Å². The van der Waals surface area contributed by atoms with E-state index in [9.17, 15) is 45.3 Å². The monoisotopic (exact) mass is 831 g/mol. The molecule has 0 spiro atoms. The van der Waals surface area contributed by atoms with E-state index in [0.29, 0.717) is 12.8 Å². The molecule has 2 rings (SSSR count). The molecule has 0 aromatic carbocycles. The third-order valence-electron chi connectivity index (χ3n) is 10.1. The topological polar surface area (TPSA) is 231 Å². The molecule has 15 heteroatoms. The summed E-state index contributed by atoms with van der Waals surface area (Å²) in [4.78, 5) is 25.4. The van der Waals surface area contributed by atoms with E-state index < -0.39 is 99.3 Å². The summed E-state index contributed by atoms with van der Waals surface area (Å²) in [5, 5.41) is 71.7. The van der Waals surface area contributed by atoms with Crippen LogP contribution in [0.4, 0.5) is 0 Å². The van der Waals surface area contributed by atoms with Crippen LogP contribution in [0.25, 0.3) is 0 Å². The zero-order chi connectivity index (χ0) is 42.5. The number of unbranched alkanes of at least 4 members (excludes halogenated alkanes) is 11. The van der Waals surface area contributed by atoms with Crippen LogP contribution in [0.15, 0.2) is 36.5 Å². The quantitative estimate of drug-likeness (QED) is 0.0299. The van der Waals surface area contributed by atoms with Crippen molar-refractivity contribution in [3.63, 3.8) is 0 Å². The molecule has 7 N–H and O–H groups in total. The van der Waals surface area contributed by atoms with Gasteiger partial charge in [-0.2, -0.15) is 0 Å². The van der Waals surface area contributed by atoms with Crippen LogP contribution in [0.2, 0.25) is 0 Å². The summed E-state index contributed by atoms with van der Waals surface area (Å²) in [5.41, 5.74) is 0. The van der Waals surface area contributed by atoms with Crippen LogP contribution >= 0.6 is 0 Å². The van der Waals surface area contributed by atoms with E-state index in [1.54, 1.807) is 0 Å². The molecule has 0 amide bonds. The summed E-state index contributed by atoms with van der Waals surface area (Å²) in [6, 6.07) is 0. The Balaban J connectivity index is 1.92. The van der Waals surface area contributed by atoms with Crippen molar-refractivity contribution in [2.75, 3.05) is 26.4 Å². The van der Waals surface area contributed by atoms with Gasteiger partial charge in [0.05, 0.1) is 19.8 Å². The van der Waals surface area contributed by atoms with E-state index in [1.807, 2.05) is 12.2 Å². The number of ether oxygens (including phenoxy) is 6. The molecule has 2 fully saturated rings. The smallest absolute Gasteiger partial charge is 0.306 e. The van der Waals surface area contributed by atoms with Gasteiger partial charge in [-0.25, -0.2) is 0 Å². The number of esters is 2. The van der Waals surface area contributed by atoms with E-state index >= 15 is 0 Å². The molecule has 2 aliphatic rings. The molecule has 0 radical (unpaired) electrons. The molecule has 0 aromatic rings. The lowest BCUT2D eigenvalue weighted by molar-refractivity contribution is -0.332. The van der Waals surface area contributed by atoms with Crippen molar-refractivity contribution in [2.45, 2.75) is 197 Å². The lowest BCUT2D eigenvalue weighted by atomic mass is 9.98. The maximum Gasteiger partial charge on any atom is 0.306 e. The SMILES string of the molecule is CCCCCC/C=C/CCCC(=O)OCC(CO[C@@H]1O[C@H](CO[C@@H]2O[C@H](CO)[C@H](O)C(O)C2O)[C@H](O)C(O)C1O)OC(=O)CC/C=C/C/C=C/CCCCCCCC. The van der Waals surface area contributed by atoms with Gasteiger partial charge in [0, 0.05) is 12.8 Å². The molecule has 15 nitrogen and oxygen atoms in total. The Kier molecular flexibility index (Phi) is 28.2. The predicted molar refractivity (Wildman–Crippen MR) is 215 cm³/mol. The second kappa shape index (κ2) is 31.6. The van der Waals surface area contributed by atoms with Crippen LogP contribution in [0, 0.1) is 0 Å². The molecule has 5 unspecified atom stereocenters. The largest absolute Gasteiger partial charge is 0.462 e. The normalized spacial score (nSPS) is 28.4. The first-order chi connectivity index (χ1) is 28.0. The van der Waals surface area contributed by atoms with Gasteiger partial charge in [0.25, 0.3) is 0 Å². The zero-order valence-electron chi connectivity index (χ0n) is 34.8. The molecule has 2 aliphatic heterocycles. The summed E-state index contributed by atoms with van der Waals surface area (Å²) >= 11 is 0. The minimum atomic E-state index is -1.77. The average molecular weight is 831 g/mol. The third-order valence-corrected chi connectivity index (χ3v) is 10.1. The summed E-state index contributed by atoms with van der Waals surface area (Å²) in [5.74, 6) is -1.05. The Bertz CT molecular complexity index is 1160. The van der Waals surface area contributed by atoms with Gasteiger partial charge in [-0.1, -0.05) is 102 Å². The van der Waals surface area contributed by atoms with Crippen LogP contribution in [0.3, 0.4) is 0 Å². The lowest BCUT2D eigenvalue weighted by Gasteiger charge is -2.42. The highest BCUT2D eigenvalue weighted by Gasteiger charge is 2.47. The molecule has 0 bridgehead atoms. The van der Waals surface area contributed by atoms with E-state index in [-0.39, 0.29) is 19.4 Å². The van der Waals surface area contributed by atoms with Gasteiger partial charge < -0.3 is 64.2 Å². The maximum absolute atomic E-state index is 12.8. The number of carbonyl (C=O) groups is 2. The highest BCUT2D eigenvalue weighted by Crippen LogP contribution is 2.26. The molecule has 0 aromatic heterocycles. The predicted octanol–water partition coefficient (Wildman–Crippen LogP) is 3.81. The minimum Gasteiger partial charge on any atom is -0.462 e. The van der Waals surface area contributed by atoms with Crippen molar-refractivity contribution < 1.29 is 73.8 Å². The number of aliphatic hydroxyl groups excluding tert-OH is 7. The summed E-state index contributed by atoms with van der Waals surface area (Å²) in [7, 11) is 0. The van der Waals surface area contributed by atoms with Crippen molar-refractivity contribution in [3.8, 4) is 0 Å². The van der Waals surface area contributed by atoms with Crippen LogP contribution in [0.1, 0.15) is 129 Å². The van der Waals surface area contributed by atoms with E-state index in [0.717, 1.165) is 32.1 Å². The lowest BCUT2D eigenvalue weighted by Crippen LogP contribution is -2.61. The molecular formula is C43H74O15. The Labute approximate surface area is 345 Å². The molecular weight excluding hydrogens is 756 g/mol. The molecule has 336 valence electrons. The average Bonchev–Trinajstić information content (AvgIpc) is 3.21. The number of rotatable bonds is 31. The molecule has 2 saturated heterocycles. The Morgan fingerprint density at radius 3 is 1.71 bits per heavy atom. The molecule has 2 heterocycles. The molecule has 0 aliphatic carbocycles. The Morgan fingerprint density at radius 2 is 1.07 bits per heavy atom. The third kappa shape index (κ3) is 20.8. The second-order valence-corrected chi connectivity index (χ2v) is 15.2. The van der Waals surface area contributed by atoms with E-state index in [1.165, 1.54) is 57.8 Å². The number of carbonyl (C=O) groups excluding carboxylic acids is 2. The summed E-state index contributed by atoms with van der Waals surface area (Å²) in [6.45, 7) is 2.41. The number of hydrogen-bond acceptors (Lipinski definition) is 15. The first kappa shape index (κ1) is 51.9. The number of hydrogen-bond donors (Lipinski definition) is 7. The van der Waals surface area contributed by atoms with Gasteiger partial charge in [0.2, 0.25) is 0 Å². The molecule has 0 saturated carbocycles. The molecule has 11 atom stereocenters. The maximum atomic E-state index is 12.8.